The smallest absolute Gasteiger partial charge is 0.315 e. The van der Waals surface area contributed by atoms with Crippen molar-refractivity contribution in [2.45, 2.75) is 13.3 Å². The highest BCUT2D eigenvalue weighted by Crippen LogP contribution is 2.35. The van der Waals surface area contributed by atoms with Crippen molar-refractivity contribution in [3.63, 3.8) is 0 Å². The number of hydrogen-bond donors (Lipinski definition) is 0. The molecule has 0 saturated heterocycles. The van der Waals surface area contributed by atoms with Gasteiger partial charge in [-0.1, -0.05) is 17.7 Å². The zero-order valence-electron chi connectivity index (χ0n) is 12.4. The van der Waals surface area contributed by atoms with E-state index in [9.17, 15) is 4.79 Å². The summed E-state index contributed by atoms with van der Waals surface area (Å²) in [6, 6.07) is 10.7. The van der Waals surface area contributed by atoms with Crippen LogP contribution in [0.4, 0.5) is 0 Å². The second kappa shape index (κ2) is 5.97. The average Bonchev–Trinajstić information content (AvgIpc) is 2.95. The third kappa shape index (κ3) is 2.98. The quantitative estimate of drug-likeness (QED) is 0.642. The summed E-state index contributed by atoms with van der Waals surface area (Å²) in [5, 5.41) is 0. The van der Waals surface area contributed by atoms with E-state index in [1.807, 2.05) is 25.1 Å². The molecule has 1 heterocycles. The maximum absolute atomic E-state index is 12.1. The molecule has 3 rings (SSSR count). The van der Waals surface area contributed by atoms with Gasteiger partial charge in [0, 0.05) is 11.6 Å². The number of aryl methyl sites for hydroxylation is 1. The third-order valence-electron chi connectivity index (χ3n) is 3.35. The number of methoxy groups -OCH3 is 1. The highest BCUT2D eigenvalue weighted by molar-refractivity contribution is 5.76. The monoisotopic (exact) mass is 300 g/mol. The Morgan fingerprint density at radius 3 is 2.77 bits per heavy atom. The minimum atomic E-state index is -0.359. The molecule has 5 nitrogen and oxygen atoms in total. The number of carbonyl (C=O) groups is 1. The van der Waals surface area contributed by atoms with Crippen molar-refractivity contribution >= 4 is 5.97 Å². The largest absolute Gasteiger partial charge is 0.496 e. The topological polar surface area (TPSA) is 54.0 Å². The van der Waals surface area contributed by atoms with Gasteiger partial charge in [0.15, 0.2) is 11.5 Å². The van der Waals surface area contributed by atoms with Gasteiger partial charge in [0.25, 0.3) is 0 Å². The number of fused-ring (bicyclic) bond motifs is 1. The Balaban J connectivity index is 1.71. The van der Waals surface area contributed by atoms with Crippen LogP contribution in [0.25, 0.3) is 0 Å². The Labute approximate surface area is 128 Å². The van der Waals surface area contributed by atoms with E-state index in [4.69, 9.17) is 18.9 Å². The van der Waals surface area contributed by atoms with E-state index in [0.717, 1.165) is 11.1 Å². The molecule has 1 aliphatic heterocycles. The summed E-state index contributed by atoms with van der Waals surface area (Å²) in [6.45, 7) is 2.15. The number of ether oxygens (including phenoxy) is 4. The van der Waals surface area contributed by atoms with E-state index in [1.165, 1.54) is 0 Å². The number of rotatable bonds is 4. The lowest BCUT2D eigenvalue weighted by Gasteiger charge is -2.09. The molecule has 0 saturated carbocycles. The summed E-state index contributed by atoms with van der Waals surface area (Å²) in [7, 11) is 1.58. The first kappa shape index (κ1) is 14.3. The van der Waals surface area contributed by atoms with Crippen LogP contribution in [0.3, 0.4) is 0 Å². The molecule has 0 atom stereocenters. The summed E-state index contributed by atoms with van der Waals surface area (Å²) < 4.78 is 21.1. The van der Waals surface area contributed by atoms with Crippen molar-refractivity contribution in [1.29, 1.82) is 0 Å². The molecule has 2 aromatic rings. The van der Waals surface area contributed by atoms with E-state index in [2.05, 4.69) is 0 Å². The fraction of sp³-hybridized carbons (Fsp3) is 0.235. The van der Waals surface area contributed by atoms with Gasteiger partial charge < -0.3 is 18.9 Å². The summed E-state index contributed by atoms with van der Waals surface area (Å²) in [5.41, 5.74) is 1.86. The standard InChI is InChI=1S/C17H16O5/c1-11-3-5-14(19-2)12(7-11)8-17(18)22-13-4-6-15-16(9-13)21-10-20-15/h3-7,9H,8,10H2,1-2H3. The molecule has 22 heavy (non-hydrogen) atoms. The maximum atomic E-state index is 12.1. The zero-order chi connectivity index (χ0) is 15.5. The first-order valence-corrected chi connectivity index (χ1v) is 6.89. The lowest BCUT2D eigenvalue weighted by molar-refractivity contribution is -0.133. The van der Waals surface area contributed by atoms with Gasteiger partial charge in [-0.15, -0.1) is 0 Å². The lowest BCUT2D eigenvalue weighted by atomic mass is 10.1. The summed E-state index contributed by atoms with van der Waals surface area (Å²) in [5.74, 6) is 1.98. The van der Waals surface area contributed by atoms with E-state index in [-0.39, 0.29) is 19.2 Å². The molecule has 5 heteroatoms. The fourth-order valence-electron chi connectivity index (χ4n) is 2.31. The molecule has 0 bridgehead atoms. The van der Waals surface area contributed by atoms with Gasteiger partial charge >= 0.3 is 5.97 Å². The normalized spacial score (nSPS) is 12.1. The van der Waals surface area contributed by atoms with Crippen LogP contribution in [0.5, 0.6) is 23.0 Å². The predicted octanol–water partition coefficient (Wildman–Crippen LogP) is 2.88. The fourth-order valence-corrected chi connectivity index (χ4v) is 2.31. The number of benzene rings is 2. The van der Waals surface area contributed by atoms with Gasteiger partial charge in [0.05, 0.1) is 13.5 Å². The van der Waals surface area contributed by atoms with Crippen molar-refractivity contribution in [1.82, 2.24) is 0 Å². The van der Waals surface area contributed by atoms with Crippen LogP contribution < -0.4 is 18.9 Å². The van der Waals surface area contributed by atoms with E-state index < -0.39 is 0 Å². The minimum absolute atomic E-state index is 0.138. The average molecular weight is 300 g/mol. The molecule has 0 N–H and O–H groups in total. The van der Waals surface area contributed by atoms with Crippen LogP contribution in [0, 0.1) is 6.92 Å². The highest BCUT2D eigenvalue weighted by atomic mass is 16.7. The Morgan fingerprint density at radius 2 is 1.95 bits per heavy atom. The van der Waals surface area contributed by atoms with Crippen LogP contribution in [-0.4, -0.2) is 19.9 Å². The molecule has 0 aromatic heterocycles. The van der Waals surface area contributed by atoms with Crippen LogP contribution in [-0.2, 0) is 11.2 Å². The van der Waals surface area contributed by atoms with Gasteiger partial charge in [-0.25, -0.2) is 0 Å². The molecule has 1 aliphatic rings. The Bertz CT molecular complexity index is 708. The Morgan fingerprint density at radius 1 is 1.14 bits per heavy atom. The molecule has 0 spiro atoms. The molecule has 0 aliphatic carbocycles. The van der Waals surface area contributed by atoms with Gasteiger partial charge in [-0.3, -0.25) is 4.79 Å². The minimum Gasteiger partial charge on any atom is -0.496 e. The SMILES string of the molecule is COc1ccc(C)cc1CC(=O)Oc1ccc2c(c1)OCO2. The van der Waals surface area contributed by atoms with Crippen LogP contribution in [0.1, 0.15) is 11.1 Å². The van der Waals surface area contributed by atoms with Crippen molar-refractivity contribution in [2.24, 2.45) is 0 Å². The highest BCUT2D eigenvalue weighted by Gasteiger charge is 2.16. The third-order valence-corrected chi connectivity index (χ3v) is 3.35. The van der Waals surface area contributed by atoms with E-state index in [1.54, 1.807) is 25.3 Å². The second-order valence-electron chi connectivity index (χ2n) is 4.98. The number of esters is 1. The van der Waals surface area contributed by atoms with Crippen molar-refractivity contribution in [3.05, 3.63) is 47.5 Å². The zero-order valence-corrected chi connectivity index (χ0v) is 12.4. The molecule has 0 unspecified atom stereocenters. The van der Waals surface area contributed by atoms with Gasteiger partial charge in [0.1, 0.15) is 11.5 Å². The maximum Gasteiger partial charge on any atom is 0.315 e. The molecular weight excluding hydrogens is 284 g/mol. The molecule has 0 amide bonds. The van der Waals surface area contributed by atoms with Crippen LogP contribution in [0.2, 0.25) is 0 Å². The Hall–Kier alpha value is -2.69. The van der Waals surface area contributed by atoms with Gasteiger partial charge in [-0.05, 0) is 25.1 Å². The first-order chi connectivity index (χ1) is 10.7. The molecule has 114 valence electrons. The number of hydrogen-bond acceptors (Lipinski definition) is 5. The van der Waals surface area contributed by atoms with Crippen molar-refractivity contribution in [3.8, 4) is 23.0 Å². The van der Waals surface area contributed by atoms with Crippen LogP contribution in [0.15, 0.2) is 36.4 Å². The summed E-state index contributed by atoms with van der Waals surface area (Å²) in [6.07, 6.45) is 0.138. The molecule has 0 fully saturated rings. The van der Waals surface area contributed by atoms with Crippen molar-refractivity contribution in [2.75, 3.05) is 13.9 Å². The molecule has 2 aromatic carbocycles. The van der Waals surface area contributed by atoms with E-state index >= 15 is 0 Å². The summed E-state index contributed by atoms with van der Waals surface area (Å²) in [4.78, 5) is 12.1. The van der Waals surface area contributed by atoms with Gasteiger partial charge in [0.2, 0.25) is 6.79 Å². The summed E-state index contributed by atoms with van der Waals surface area (Å²) >= 11 is 0. The van der Waals surface area contributed by atoms with Crippen molar-refractivity contribution < 1.29 is 23.7 Å². The van der Waals surface area contributed by atoms with Crippen LogP contribution >= 0.6 is 0 Å². The Kier molecular flexibility index (Phi) is 3.87. The van der Waals surface area contributed by atoms with Gasteiger partial charge in [-0.2, -0.15) is 0 Å². The number of carbonyl (C=O) groups excluding carboxylic acids is 1. The van der Waals surface area contributed by atoms with E-state index in [0.29, 0.717) is 23.0 Å². The lowest BCUT2D eigenvalue weighted by Crippen LogP contribution is -2.12. The predicted molar refractivity (Wildman–Crippen MR) is 79.6 cm³/mol. The molecule has 0 radical (unpaired) electrons. The second-order valence-corrected chi connectivity index (χ2v) is 4.98. The first-order valence-electron chi connectivity index (χ1n) is 6.89. The molecular formula is C17H16O5.